The summed E-state index contributed by atoms with van der Waals surface area (Å²) in [5.74, 6) is 0.676. The predicted molar refractivity (Wildman–Crippen MR) is 106 cm³/mol. The summed E-state index contributed by atoms with van der Waals surface area (Å²) in [7, 11) is -1.70. The molecule has 27 heavy (non-hydrogen) atoms. The van der Waals surface area contributed by atoms with E-state index in [0.717, 1.165) is 17.2 Å². The largest absolute Gasteiger partial charge is 0.459 e. The minimum absolute atomic E-state index is 0.202. The van der Waals surface area contributed by atoms with Crippen LogP contribution in [0.2, 0.25) is 0 Å². The molecule has 2 amide bonds. The number of furan rings is 1. The molecule has 0 radical (unpaired) electrons. The number of anilines is 1. The Balaban J connectivity index is 1.79. The van der Waals surface area contributed by atoms with E-state index in [1.165, 1.54) is 11.0 Å². The molecule has 142 valence electrons. The molecule has 0 saturated carbocycles. The highest BCUT2D eigenvalue weighted by molar-refractivity contribution is 7.90. The van der Waals surface area contributed by atoms with Gasteiger partial charge in [-0.25, -0.2) is 13.2 Å². The summed E-state index contributed by atoms with van der Waals surface area (Å²) in [5, 5.41) is 3.72. The molecule has 1 unspecified atom stereocenters. The molecule has 1 N–H and O–H groups in total. The van der Waals surface area contributed by atoms with Crippen LogP contribution in [0, 0.1) is 6.92 Å². The number of amides is 2. The molecule has 1 atom stereocenters. The highest BCUT2D eigenvalue weighted by atomic mass is 32.2. The highest BCUT2D eigenvalue weighted by Crippen LogP contribution is 2.27. The molecule has 0 spiro atoms. The van der Waals surface area contributed by atoms with Gasteiger partial charge < -0.3 is 14.6 Å². The molecule has 0 aliphatic carbocycles. The van der Waals surface area contributed by atoms with Crippen LogP contribution in [-0.4, -0.2) is 32.7 Å². The minimum atomic E-state index is -3.37. The first-order chi connectivity index (χ1) is 12.7. The number of urea groups is 1. The van der Waals surface area contributed by atoms with E-state index in [1.807, 2.05) is 37.3 Å². The summed E-state index contributed by atoms with van der Waals surface area (Å²) in [5.41, 5.74) is 1.83. The zero-order valence-electron chi connectivity index (χ0n) is 15.7. The number of hydrogen-bond acceptors (Lipinski definition) is 4. The Bertz CT molecular complexity index is 1070. The van der Waals surface area contributed by atoms with Gasteiger partial charge in [0.1, 0.15) is 11.3 Å². The normalized spacial score (nSPS) is 12.7. The van der Waals surface area contributed by atoms with Crippen LogP contribution >= 0.6 is 0 Å². The second-order valence-corrected chi connectivity index (χ2v) is 8.64. The molecule has 0 saturated heterocycles. The standard InChI is InChI=1S/C20H22N2O4S/c1-13-9-10-16(12-19(13)27(4,24)25)21-20(23)22(3)14(2)18-11-15-7-5-6-8-17(15)26-18/h5-12,14H,1-4H3,(H,21,23). The lowest BCUT2D eigenvalue weighted by Gasteiger charge is -2.23. The van der Waals surface area contributed by atoms with E-state index in [-0.39, 0.29) is 17.0 Å². The molecule has 2 aromatic carbocycles. The first-order valence-electron chi connectivity index (χ1n) is 8.50. The van der Waals surface area contributed by atoms with E-state index in [9.17, 15) is 13.2 Å². The fourth-order valence-corrected chi connectivity index (χ4v) is 3.86. The molecule has 0 aliphatic rings. The fourth-order valence-electron chi connectivity index (χ4n) is 2.86. The van der Waals surface area contributed by atoms with Gasteiger partial charge in [-0.15, -0.1) is 0 Å². The van der Waals surface area contributed by atoms with Crippen molar-refractivity contribution in [1.82, 2.24) is 4.90 Å². The predicted octanol–water partition coefficient (Wildman–Crippen LogP) is 4.37. The van der Waals surface area contributed by atoms with Crippen molar-refractivity contribution in [2.45, 2.75) is 24.8 Å². The van der Waals surface area contributed by atoms with Gasteiger partial charge in [0.15, 0.2) is 9.84 Å². The maximum Gasteiger partial charge on any atom is 0.322 e. The topological polar surface area (TPSA) is 79.6 Å². The average Bonchev–Trinajstić information content (AvgIpc) is 3.05. The molecule has 0 bridgehead atoms. The SMILES string of the molecule is Cc1ccc(NC(=O)N(C)C(C)c2cc3ccccc3o2)cc1S(C)(=O)=O. The van der Waals surface area contributed by atoms with Crippen molar-refractivity contribution in [3.63, 3.8) is 0 Å². The number of carbonyl (C=O) groups is 1. The summed E-state index contributed by atoms with van der Waals surface area (Å²) in [6.07, 6.45) is 1.15. The van der Waals surface area contributed by atoms with Gasteiger partial charge in [0.25, 0.3) is 0 Å². The third kappa shape index (κ3) is 3.98. The Labute approximate surface area is 158 Å². The second-order valence-electron chi connectivity index (χ2n) is 6.66. The van der Waals surface area contributed by atoms with E-state index in [1.54, 1.807) is 26.1 Å². The fraction of sp³-hybridized carbons (Fsp3) is 0.250. The number of nitrogens with one attached hydrogen (secondary N) is 1. The Morgan fingerprint density at radius 2 is 1.85 bits per heavy atom. The summed E-state index contributed by atoms with van der Waals surface area (Å²) < 4.78 is 29.6. The Morgan fingerprint density at radius 3 is 2.52 bits per heavy atom. The van der Waals surface area contributed by atoms with Gasteiger partial charge in [-0.1, -0.05) is 24.3 Å². The Kier molecular flexibility index (Phi) is 4.97. The van der Waals surface area contributed by atoms with Crippen LogP contribution in [0.5, 0.6) is 0 Å². The number of sulfone groups is 1. The zero-order chi connectivity index (χ0) is 19.8. The van der Waals surface area contributed by atoms with Gasteiger partial charge >= 0.3 is 6.03 Å². The van der Waals surface area contributed by atoms with Crippen LogP contribution < -0.4 is 5.32 Å². The van der Waals surface area contributed by atoms with Gasteiger partial charge in [0, 0.05) is 24.4 Å². The van der Waals surface area contributed by atoms with Crippen LogP contribution in [0.4, 0.5) is 10.5 Å². The van der Waals surface area contributed by atoms with E-state index in [4.69, 9.17) is 4.42 Å². The molecular formula is C20H22N2O4S. The first-order valence-corrected chi connectivity index (χ1v) is 10.4. The van der Waals surface area contributed by atoms with E-state index >= 15 is 0 Å². The van der Waals surface area contributed by atoms with Gasteiger partial charge in [-0.3, -0.25) is 0 Å². The summed E-state index contributed by atoms with van der Waals surface area (Å²) >= 11 is 0. The number of carbonyl (C=O) groups excluding carboxylic acids is 1. The van der Waals surface area contributed by atoms with E-state index < -0.39 is 9.84 Å². The smallest absolute Gasteiger partial charge is 0.322 e. The number of benzene rings is 2. The second kappa shape index (κ2) is 7.08. The molecule has 6 nitrogen and oxygen atoms in total. The lowest BCUT2D eigenvalue weighted by molar-refractivity contribution is 0.201. The Morgan fingerprint density at radius 1 is 1.15 bits per heavy atom. The molecule has 0 aliphatic heterocycles. The van der Waals surface area contributed by atoms with E-state index in [0.29, 0.717) is 17.0 Å². The number of para-hydroxylation sites is 1. The van der Waals surface area contributed by atoms with Gasteiger partial charge in [-0.2, -0.15) is 0 Å². The summed E-state index contributed by atoms with van der Waals surface area (Å²) in [6.45, 7) is 3.59. The molecule has 3 aromatic rings. The van der Waals surface area contributed by atoms with Crippen molar-refractivity contribution >= 4 is 32.5 Å². The number of aryl methyl sites for hydroxylation is 1. The lowest BCUT2D eigenvalue weighted by atomic mass is 10.2. The third-order valence-corrected chi connectivity index (χ3v) is 5.84. The summed E-state index contributed by atoms with van der Waals surface area (Å²) in [6, 6.07) is 13.8. The number of nitrogens with zero attached hydrogens (tertiary/aromatic N) is 1. The van der Waals surface area contributed by atoms with Crippen LogP contribution in [0.1, 0.15) is 24.3 Å². The maximum absolute atomic E-state index is 12.6. The van der Waals surface area contributed by atoms with Crippen molar-refractivity contribution in [3.05, 3.63) is 59.9 Å². The van der Waals surface area contributed by atoms with Crippen molar-refractivity contribution in [1.29, 1.82) is 0 Å². The molecule has 7 heteroatoms. The minimum Gasteiger partial charge on any atom is -0.459 e. The van der Waals surface area contributed by atoms with Crippen LogP contribution in [-0.2, 0) is 9.84 Å². The maximum atomic E-state index is 12.6. The van der Waals surface area contributed by atoms with Crippen molar-refractivity contribution < 1.29 is 17.6 Å². The van der Waals surface area contributed by atoms with Crippen molar-refractivity contribution in [2.75, 3.05) is 18.6 Å². The van der Waals surface area contributed by atoms with Gasteiger partial charge in [0.2, 0.25) is 0 Å². The number of fused-ring (bicyclic) bond motifs is 1. The number of hydrogen-bond donors (Lipinski definition) is 1. The van der Waals surface area contributed by atoms with Crippen molar-refractivity contribution in [2.24, 2.45) is 0 Å². The first kappa shape index (κ1) is 19.0. The molecular weight excluding hydrogens is 364 g/mol. The van der Waals surface area contributed by atoms with Gasteiger partial charge in [-0.05, 0) is 43.7 Å². The number of rotatable bonds is 4. The van der Waals surface area contributed by atoms with Crippen LogP contribution in [0.25, 0.3) is 11.0 Å². The highest BCUT2D eigenvalue weighted by Gasteiger charge is 2.21. The molecule has 3 rings (SSSR count). The average molecular weight is 386 g/mol. The van der Waals surface area contributed by atoms with Gasteiger partial charge in [0.05, 0.1) is 10.9 Å². The summed E-state index contributed by atoms with van der Waals surface area (Å²) in [4.78, 5) is 14.3. The van der Waals surface area contributed by atoms with Crippen LogP contribution in [0.15, 0.2) is 57.8 Å². The lowest BCUT2D eigenvalue weighted by Crippen LogP contribution is -2.33. The molecule has 1 aromatic heterocycles. The monoisotopic (exact) mass is 386 g/mol. The molecule has 0 fully saturated rings. The Hall–Kier alpha value is -2.80. The van der Waals surface area contributed by atoms with Crippen LogP contribution in [0.3, 0.4) is 0 Å². The zero-order valence-corrected chi connectivity index (χ0v) is 16.5. The molecule has 1 heterocycles. The van der Waals surface area contributed by atoms with Crippen molar-refractivity contribution in [3.8, 4) is 0 Å². The van der Waals surface area contributed by atoms with E-state index in [2.05, 4.69) is 5.32 Å². The third-order valence-electron chi connectivity index (χ3n) is 4.60. The quantitative estimate of drug-likeness (QED) is 0.722.